The molecule has 0 saturated carbocycles. The maximum atomic E-state index is 14.6. The van der Waals surface area contributed by atoms with E-state index in [2.05, 4.69) is 21.7 Å². The molecule has 0 aliphatic rings. The van der Waals surface area contributed by atoms with Crippen molar-refractivity contribution >= 4 is 17.5 Å². The summed E-state index contributed by atoms with van der Waals surface area (Å²) in [6.07, 6.45) is -2.42. The van der Waals surface area contributed by atoms with E-state index < -0.39 is 23.5 Å². The van der Waals surface area contributed by atoms with Crippen LogP contribution >= 0.6 is 0 Å². The molecular weight excluding hydrogens is 482 g/mol. The average molecular weight is 507 g/mol. The highest BCUT2D eigenvalue weighted by Gasteiger charge is 2.30. The van der Waals surface area contributed by atoms with Gasteiger partial charge in [-0.1, -0.05) is 26.5 Å². The molecule has 0 radical (unpaired) electrons. The molecule has 2 N–H and O–H groups in total. The third kappa shape index (κ3) is 6.46. The van der Waals surface area contributed by atoms with Gasteiger partial charge < -0.3 is 15.2 Å². The lowest BCUT2D eigenvalue weighted by atomic mass is 10.1. The molecule has 0 unspecified atom stereocenters. The first kappa shape index (κ1) is 28.0. The number of pyridine rings is 1. The van der Waals surface area contributed by atoms with Crippen LogP contribution < -0.4 is 10.5 Å². The summed E-state index contributed by atoms with van der Waals surface area (Å²) < 4.78 is 65.0. The van der Waals surface area contributed by atoms with Crippen LogP contribution in [0.2, 0.25) is 0 Å². The molecule has 36 heavy (non-hydrogen) atoms. The minimum absolute atomic E-state index is 0.0148. The minimum atomic E-state index is -4.51. The summed E-state index contributed by atoms with van der Waals surface area (Å²) >= 11 is 0. The van der Waals surface area contributed by atoms with Crippen molar-refractivity contribution in [2.24, 2.45) is 17.8 Å². The molecule has 1 aromatic carbocycles. The van der Waals surface area contributed by atoms with E-state index in [1.165, 1.54) is 36.2 Å². The van der Waals surface area contributed by atoms with Gasteiger partial charge in [-0.3, -0.25) is 9.48 Å². The lowest BCUT2D eigenvalue weighted by Gasteiger charge is -2.11. The van der Waals surface area contributed by atoms with E-state index in [-0.39, 0.29) is 35.2 Å². The first-order valence-corrected chi connectivity index (χ1v) is 10.6. The molecule has 2 heterocycles. The average Bonchev–Trinajstić information content (AvgIpc) is 3.21. The van der Waals surface area contributed by atoms with Crippen LogP contribution in [0, 0.1) is 5.82 Å². The molecule has 0 bridgehead atoms. The van der Waals surface area contributed by atoms with E-state index in [1.54, 1.807) is 7.05 Å². The smallest absolute Gasteiger partial charge is 0.417 e. The van der Waals surface area contributed by atoms with Gasteiger partial charge in [-0.15, -0.1) is 0 Å². The Balaban J connectivity index is 0.00000222. The normalized spacial score (nSPS) is 11.4. The van der Waals surface area contributed by atoms with Crippen molar-refractivity contribution in [3.63, 3.8) is 0 Å². The molecule has 0 fully saturated rings. The Bertz CT molecular complexity index is 1250. The first-order chi connectivity index (χ1) is 17.0. The summed E-state index contributed by atoms with van der Waals surface area (Å²) in [5.74, 6) is -1.83. The van der Waals surface area contributed by atoms with Crippen LogP contribution in [0.1, 0.15) is 46.6 Å². The van der Waals surface area contributed by atoms with Crippen LogP contribution in [0.25, 0.3) is 5.70 Å². The van der Waals surface area contributed by atoms with Gasteiger partial charge >= 0.3 is 6.18 Å². The highest BCUT2D eigenvalue weighted by molar-refractivity contribution is 5.99. The summed E-state index contributed by atoms with van der Waals surface area (Å²) in [6, 6.07) is 6.01. The van der Waals surface area contributed by atoms with E-state index >= 15 is 0 Å². The number of ether oxygens (including phenoxy) is 2. The molecule has 0 saturated heterocycles. The summed E-state index contributed by atoms with van der Waals surface area (Å²) in [5.41, 5.74) is 4.68. The summed E-state index contributed by atoms with van der Waals surface area (Å²) in [4.78, 5) is 19.3. The number of hydrogen-bond donors (Lipinski definition) is 1. The Kier molecular flexibility index (Phi) is 9.31. The van der Waals surface area contributed by atoms with Crippen molar-refractivity contribution in [3.05, 3.63) is 83.1 Å². The van der Waals surface area contributed by atoms with Gasteiger partial charge in [0.25, 0.3) is 5.91 Å². The second-order valence-corrected chi connectivity index (χ2v) is 6.90. The zero-order chi connectivity index (χ0) is 27.0. The molecule has 0 aliphatic heterocycles. The lowest BCUT2D eigenvalue weighted by molar-refractivity contribution is -0.137. The molecule has 1 amide bonds. The van der Waals surface area contributed by atoms with Gasteiger partial charge in [0.05, 0.1) is 41.4 Å². The van der Waals surface area contributed by atoms with Crippen molar-refractivity contribution in [2.45, 2.75) is 26.6 Å². The van der Waals surface area contributed by atoms with Gasteiger partial charge in [-0.2, -0.15) is 18.3 Å². The Morgan fingerprint density at radius 1 is 1.14 bits per heavy atom. The second-order valence-electron chi connectivity index (χ2n) is 6.90. The summed E-state index contributed by atoms with van der Waals surface area (Å²) in [5, 5.41) is 4.12. The third-order valence-electron chi connectivity index (χ3n) is 4.72. The number of nitrogens with zero attached hydrogens (tertiary/aromatic N) is 4. The van der Waals surface area contributed by atoms with Gasteiger partial charge in [-0.25, -0.2) is 14.4 Å². The van der Waals surface area contributed by atoms with Gasteiger partial charge in [0.1, 0.15) is 12.4 Å². The highest BCUT2D eigenvalue weighted by Crippen LogP contribution is 2.29. The number of aryl methyl sites for hydroxylation is 1. The van der Waals surface area contributed by atoms with Gasteiger partial charge in [0.15, 0.2) is 0 Å². The number of aromatic nitrogens is 3. The monoisotopic (exact) mass is 507 g/mol. The number of carbonyl (C=O) groups excluding carboxylic acids is 1. The van der Waals surface area contributed by atoms with Crippen LogP contribution in [0.15, 0.2) is 54.3 Å². The molecule has 3 aromatic rings. The fourth-order valence-electron chi connectivity index (χ4n) is 2.93. The van der Waals surface area contributed by atoms with E-state index in [9.17, 15) is 22.4 Å². The van der Waals surface area contributed by atoms with E-state index in [0.717, 1.165) is 12.1 Å². The maximum Gasteiger partial charge on any atom is 0.417 e. The number of carbonyl (C=O) groups is 1. The number of methoxy groups -OCH3 is 1. The van der Waals surface area contributed by atoms with Gasteiger partial charge in [0.2, 0.25) is 11.8 Å². The predicted octanol–water partition coefficient (Wildman–Crippen LogP) is 4.74. The van der Waals surface area contributed by atoms with Crippen LogP contribution in [-0.2, 0) is 24.6 Å². The molecule has 0 aliphatic carbocycles. The van der Waals surface area contributed by atoms with Crippen molar-refractivity contribution in [1.29, 1.82) is 0 Å². The largest absolute Gasteiger partial charge is 0.480 e. The zero-order valence-corrected chi connectivity index (χ0v) is 20.1. The fourth-order valence-corrected chi connectivity index (χ4v) is 2.93. The zero-order valence-electron chi connectivity index (χ0n) is 20.1. The Labute approximate surface area is 205 Å². The van der Waals surface area contributed by atoms with Crippen molar-refractivity contribution in [1.82, 2.24) is 14.8 Å². The topological polar surface area (TPSA) is 105 Å². The molecule has 3 rings (SSSR count). The number of nitrogens with two attached hydrogens (primary N) is 1. The first-order valence-electron chi connectivity index (χ1n) is 10.6. The van der Waals surface area contributed by atoms with Crippen LogP contribution in [0.3, 0.4) is 0 Å². The predicted molar refractivity (Wildman–Crippen MR) is 126 cm³/mol. The molecule has 12 heteroatoms. The molecular formula is C24H25F4N5O3. The van der Waals surface area contributed by atoms with Crippen molar-refractivity contribution in [2.75, 3.05) is 7.11 Å². The fraction of sp³-hybridized carbons (Fsp3) is 0.250. The minimum Gasteiger partial charge on any atom is -0.480 e. The van der Waals surface area contributed by atoms with Crippen molar-refractivity contribution in [3.8, 4) is 5.88 Å². The SMILES string of the molecule is C=C(N=C(OC)c1cnn(C)c1COc1ccc(C(F)(F)F)cn1)c1cccc(C(N)=O)c1F.CC. The standard InChI is InChI=1S/C22H19F4N5O3.C2H6/c1-12(14-5-4-6-15(19(14)23)20(27)32)30-21(33-3)16-10-29-31(2)17(16)11-34-18-8-7-13(9-28-18)22(24,25)26;1-2/h4-10H,1,11H2,2-3H3,(H2,27,32);1-2H3. The Hall–Kier alpha value is -4.22. The molecule has 2 aromatic heterocycles. The number of hydrogen-bond acceptors (Lipinski definition) is 6. The highest BCUT2D eigenvalue weighted by atomic mass is 19.4. The Morgan fingerprint density at radius 3 is 2.36 bits per heavy atom. The molecule has 0 spiro atoms. The van der Waals surface area contributed by atoms with Crippen molar-refractivity contribution < 1.29 is 31.8 Å². The number of primary amides is 1. The van der Waals surface area contributed by atoms with Gasteiger partial charge in [0, 0.05) is 24.9 Å². The van der Waals surface area contributed by atoms with Gasteiger partial charge in [-0.05, 0) is 18.2 Å². The van der Waals surface area contributed by atoms with E-state index in [1.807, 2.05) is 13.8 Å². The third-order valence-corrected chi connectivity index (χ3v) is 4.72. The van der Waals surface area contributed by atoms with Crippen LogP contribution in [0.5, 0.6) is 5.88 Å². The second kappa shape index (κ2) is 12.0. The number of alkyl halides is 3. The number of amides is 1. The number of benzene rings is 1. The molecule has 0 atom stereocenters. The summed E-state index contributed by atoms with van der Waals surface area (Å²) in [7, 11) is 2.94. The molecule has 8 nitrogen and oxygen atoms in total. The van der Waals surface area contributed by atoms with Crippen LogP contribution in [-0.4, -0.2) is 33.7 Å². The number of rotatable bonds is 7. The van der Waals surface area contributed by atoms with E-state index in [4.69, 9.17) is 15.2 Å². The van der Waals surface area contributed by atoms with E-state index in [0.29, 0.717) is 17.5 Å². The summed E-state index contributed by atoms with van der Waals surface area (Å²) in [6.45, 7) is 7.60. The van der Waals surface area contributed by atoms with Crippen LogP contribution in [0.4, 0.5) is 17.6 Å². The maximum absolute atomic E-state index is 14.6. The Morgan fingerprint density at radius 2 is 1.81 bits per heavy atom. The molecule has 192 valence electrons. The lowest BCUT2D eigenvalue weighted by Crippen LogP contribution is -2.14. The quantitative estimate of drug-likeness (QED) is 0.283. The number of aliphatic imine (C=N–C) groups is 1. The number of halogens is 4.